The Balaban J connectivity index is 1.54. The summed E-state index contributed by atoms with van der Waals surface area (Å²) < 4.78 is 46.9. The predicted molar refractivity (Wildman–Crippen MR) is 114 cm³/mol. The van der Waals surface area contributed by atoms with Gasteiger partial charge >= 0.3 is 0 Å². The topological polar surface area (TPSA) is 35.0 Å². The molecule has 0 aliphatic heterocycles. The Bertz CT molecular complexity index is 1240. The van der Waals surface area contributed by atoms with E-state index in [0.717, 1.165) is 23.1 Å². The molecule has 156 valence electrons. The number of hydrogen-bond donors (Lipinski definition) is 0. The number of benzene rings is 3. The largest absolute Gasteiger partial charge is 0.486 e. The molecule has 4 rings (SSSR count). The van der Waals surface area contributed by atoms with Gasteiger partial charge in [-0.2, -0.15) is 0 Å². The van der Waals surface area contributed by atoms with Crippen LogP contribution in [0.4, 0.5) is 13.2 Å². The summed E-state index contributed by atoms with van der Waals surface area (Å²) in [5.41, 5.74) is 1.90. The van der Waals surface area contributed by atoms with Crippen LogP contribution in [0.25, 0.3) is 22.2 Å². The molecule has 1 aromatic heterocycles. The second-order valence-electron chi connectivity index (χ2n) is 7.07. The first-order valence-electron chi connectivity index (χ1n) is 9.76. The molecule has 0 bridgehead atoms. The van der Waals surface area contributed by atoms with Crippen molar-refractivity contribution in [2.24, 2.45) is 0 Å². The van der Waals surface area contributed by atoms with Crippen LogP contribution < -0.4 is 4.74 Å². The lowest BCUT2D eigenvalue weighted by molar-refractivity contribution is 0.360. The normalized spacial score (nSPS) is 10.9. The van der Waals surface area contributed by atoms with E-state index in [4.69, 9.17) is 4.74 Å². The lowest BCUT2D eigenvalue weighted by Crippen LogP contribution is -1.98. The monoisotopic (exact) mass is 420 g/mol. The van der Waals surface area contributed by atoms with Crippen molar-refractivity contribution >= 4 is 10.8 Å². The first kappa shape index (κ1) is 20.6. The van der Waals surface area contributed by atoms with Crippen molar-refractivity contribution in [1.82, 2.24) is 9.97 Å². The van der Waals surface area contributed by atoms with Gasteiger partial charge in [0.1, 0.15) is 12.4 Å². The van der Waals surface area contributed by atoms with Crippen molar-refractivity contribution in [3.63, 3.8) is 0 Å². The van der Waals surface area contributed by atoms with Crippen LogP contribution in [0, 0.1) is 17.5 Å². The predicted octanol–water partition coefficient (Wildman–Crippen LogP) is 6.06. The van der Waals surface area contributed by atoms with Crippen LogP contribution in [0.1, 0.15) is 11.1 Å². The van der Waals surface area contributed by atoms with Gasteiger partial charge in [0.15, 0.2) is 23.2 Å². The van der Waals surface area contributed by atoms with E-state index in [1.807, 2.05) is 12.1 Å². The summed E-state index contributed by atoms with van der Waals surface area (Å²) in [7, 11) is 0. The number of hydrogen-bond acceptors (Lipinski definition) is 3. The average molecular weight is 420 g/mol. The molecule has 31 heavy (non-hydrogen) atoms. The fourth-order valence-corrected chi connectivity index (χ4v) is 3.34. The molecule has 0 aliphatic carbocycles. The Morgan fingerprint density at radius 1 is 0.871 bits per heavy atom. The molecule has 0 fully saturated rings. The van der Waals surface area contributed by atoms with Crippen molar-refractivity contribution in [3.8, 4) is 17.1 Å². The fourth-order valence-electron chi connectivity index (χ4n) is 3.34. The van der Waals surface area contributed by atoms with Gasteiger partial charge in [-0.3, -0.25) is 0 Å². The molecule has 0 unspecified atom stereocenters. The van der Waals surface area contributed by atoms with Crippen LogP contribution in [0.2, 0.25) is 0 Å². The smallest absolute Gasteiger partial charge is 0.159 e. The van der Waals surface area contributed by atoms with Gasteiger partial charge in [-0.15, -0.1) is 0 Å². The third-order valence-corrected chi connectivity index (χ3v) is 4.96. The van der Waals surface area contributed by atoms with E-state index in [-0.39, 0.29) is 5.82 Å². The summed E-state index contributed by atoms with van der Waals surface area (Å²) in [6.45, 7) is 3.96. The lowest BCUT2D eigenvalue weighted by atomic mass is 9.99. The lowest BCUT2D eigenvalue weighted by Gasteiger charge is -2.09. The first-order valence-corrected chi connectivity index (χ1v) is 9.76. The maximum absolute atomic E-state index is 15.0. The van der Waals surface area contributed by atoms with Crippen LogP contribution >= 0.6 is 0 Å². The van der Waals surface area contributed by atoms with E-state index in [1.54, 1.807) is 36.7 Å². The molecule has 0 N–H and O–H groups in total. The zero-order valence-corrected chi connectivity index (χ0v) is 16.6. The zero-order valence-electron chi connectivity index (χ0n) is 16.6. The fraction of sp³-hybridized carbons (Fsp3) is 0.120. The molecule has 1 heterocycles. The molecule has 6 heteroatoms. The van der Waals surface area contributed by atoms with Crippen molar-refractivity contribution < 1.29 is 17.9 Å². The van der Waals surface area contributed by atoms with Crippen LogP contribution in [0.5, 0.6) is 5.75 Å². The second kappa shape index (κ2) is 9.00. The highest BCUT2D eigenvalue weighted by Gasteiger charge is 2.11. The highest BCUT2D eigenvalue weighted by Crippen LogP contribution is 2.27. The van der Waals surface area contributed by atoms with Gasteiger partial charge in [0, 0.05) is 10.9 Å². The number of rotatable bonds is 7. The van der Waals surface area contributed by atoms with Crippen molar-refractivity contribution in [1.29, 1.82) is 0 Å². The van der Waals surface area contributed by atoms with Crippen molar-refractivity contribution in [2.75, 3.05) is 6.61 Å². The van der Waals surface area contributed by atoms with E-state index in [2.05, 4.69) is 16.5 Å². The molecule has 0 spiro atoms. The van der Waals surface area contributed by atoms with Gasteiger partial charge in [-0.05, 0) is 47.6 Å². The molecule has 3 nitrogen and oxygen atoms in total. The molecule has 0 atom stereocenters. The highest BCUT2D eigenvalue weighted by atomic mass is 19.2. The van der Waals surface area contributed by atoms with Gasteiger partial charge in [0.2, 0.25) is 0 Å². The summed E-state index contributed by atoms with van der Waals surface area (Å²) in [4.78, 5) is 8.61. The number of aromatic nitrogens is 2. The van der Waals surface area contributed by atoms with Crippen LogP contribution in [0.3, 0.4) is 0 Å². The minimum Gasteiger partial charge on any atom is -0.486 e. The van der Waals surface area contributed by atoms with E-state index >= 15 is 4.39 Å². The van der Waals surface area contributed by atoms with Crippen LogP contribution in [0.15, 0.2) is 73.6 Å². The number of ether oxygens (including phenoxy) is 1. The average Bonchev–Trinajstić information content (AvgIpc) is 2.79. The summed E-state index contributed by atoms with van der Waals surface area (Å²) in [6.07, 6.45) is 5.59. The summed E-state index contributed by atoms with van der Waals surface area (Å²) in [5, 5.41) is 1.21. The molecular weight excluding hydrogens is 401 g/mol. The molecule has 4 aromatic rings. The molecule has 3 aromatic carbocycles. The zero-order chi connectivity index (χ0) is 21.8. The molecule has 0 saturated carbocycles. The van der Waals surface area contributed by atoms with Gasteiger partial charge in [-0.1, -0.05) is 43.0 Å². The maximum atomic E-state index is 15.0. The third-order valence-electron chi connectivity index (χ3n) is 4.96. The Labute approximate surface area is 177 Å². The minimum atomic E-state index is -0.897. The molecule has 0 saturated heterocycles. The Morgan fingerprint density at radius 3 is 2.42 bits per heavy atom. The standard InChI is InChI=1S/C25H19F3N2O/c1-2-11-31-20-14-29-25(30-15-20)19-8-9-21-18(13-19)7-6-17(24(21)28)5-3-16-4-10-22(26)23(27)12-16/h2,4,6-10,12-15H,1,3,5,11H2. The van der Waals surface area contributed by atoms with Gasteiger partial charge in [-0.25, -0.2) is 23.1 Å². The number of fused-ring (bicyclic) bond motifs is 1. The summed E-state index contributed by atoms with van der Waals surface area (Å²) >= 11 is 0. The Morgan fingerprint density at radius 2 is 1.68 bits per heavy atom. The third kappa shape index (κ3) is 4.58. The number of nitrogens with zero attached hydrogens (tertiary/aromatic N) is 2. The molecular formula is C25H19F3N2O. The minimum absolute atomic E-state index is 0.319. The Kier molecular flexibility index (Phi) is 5.98. The first-order chi connectivity index (χ1) is 15.0. The van der Waals surface area contributed by atoms with Crippen molar-refractivity contribution in [3.05, 3.63) is 102 Å². The summed E-state index contributed by atoms with van der Waals surface area (Å²) in [5.74, 6) is -1.05. The molecule has 0 radical (unpaired) electrons. The van der Waals surface area contributed by atoms with Gasteiger partial charge in [0.25, 0.3) is 0 Å². The van der Waals surface area contributed by atoms with E-state index < -0.39 is 11.6 Å². The van der Waals surface area contributed by atoms with E-state index in [9.17, 15) is 8.78 Å². The van der Waals surface area contributed by atoms with E-state index in [0.29, 0.717) is 47.5 Å². The molecule has 0 aliphatic rings. The van der Waals surface area contributed by atoms with E-state index in [1.165, 1.54) is 6.07 Å². The van der Waals surface area contributed by atoms with Crippen LogP contribution in [-0.2, 0) is 12.8 Å². The number of aryl methyl sites for hydroxylation is 2. The maximum Gasteiger partial charge on any atom is 0.159 e. The molecule has 0 amide bonds. The van der Waals surface area contributed by atoms with Gasteiger partial charge < -0.3 is 4.74 Å². The SMILES string of the molecule is C=CCOc1cnc(-c2ccc3c(F)c(CCc4ccc(F)c(F)c4)ccc3c2)nc1. The second-order valence-corrected chi connectivity index (χ2v) is 7.07. The quantitative estimate of drug-likeness (QED) is 0.341. The van der Waals surface area contributed by atoms with Gasteiger partial charge in [0.05, 0.1) is 12.4 Å². The highest BCUT2D eigenvalue weighted by molar-refractivity contribution is 5.87. The summed E-state index contributed by atoms with van der Waals surface area (Å²) in [6, 6.07) is 12.6. The number of halogens is 3. The Hall–Kier alpha value is -3.67. The van der Waals surface area contributed by atoms with Crippen molar-refractivity contribution in [2.45, 2.75) is 12.8 Å². The van der Waals surface area contributed by atoms with Crippen LogP contribution in [-0.4, -0.2) is 16.6 Å².